The Morgan fingerprint density at radius 2 is 1.79 bits per heavy atom. The summed E-state index contributed by atoms with van der Waals surface area (Å²) in [6.45, 7) is 8.48. The van der Waals surface area contributed by atoms with Crippen LogP contribution in [0.25, 0.3) is 0 Å². The molecular weight excluding hydrogens is 356 g/mol. The molecule has 0 aromatic carbocycles. The van der Waals surface area contributed by atoms with Gasteiger partial charge < -0.3 is 19.4 Å². The number of amides is 2. The zero-order valence-electron chi connectivity index (χ0n) is 16.9. The minimum absolute atomic E-state index is 0.0205. The Labute approximate surface area is 167 Å². The maximum absolute atomic E-state index is 12.4. The average molecular weight is 389 g/mol. The fraction of sp³-hybridized carbons (Fsp3) is 0.667. The molecule has 0 aliphatic carbocycles. The summed E-state index contributed by atoms with van der Waals surface area (Å²) in [4.78, 5) is 35.0. The lowest BCUT2D eigenvalue weighted by Gasteiger charge is -2.35. The standard InChI is InChI=1S/C21H32N4O3/c1-2-23-12-14-25(15-13-23)20(26)6-5-18-7-10-24(11-8-18)21(27)17-28-19-4-3-9-22-16-19/h3-4,9,16,18H,2,5-8,10-15,17H2,1H3. The molecule has 0 spiro atoms. The molecule has 2 saturated heterocycles. The van der Waals surface area contributed by atoms with E-state index in [1.54, 1.807) is 24.5 Å². The van der Waals surface area contributed by atoms with Crippen molar-refractivity contribution in [1.82, 2.24) is 19.7 Å². The van der Waals surface area contributed by atoms with Crippen LogP contribution in [0.5, 0.6) is 5.75 Å². The first-order chi connectivity index (χ1) is 13.7. The van der Waals surface area contributed by atoms with Crippen molar-refractivity contribution in [3.63, 3.8) is 0 Å². The van der Waals surface area contributed by atoms with Crippen molar-refractivity contribution in [2.75, 3.05) is 52.4 Å². The molecule has 0 atom stereocenters. The highest BCUT2D eigenvalue weighted by Crippen LogP contribution is 2.23. The third-order valence-corrected chi connectivity index (χ3v) is 5.90. The molecule has 0 radical (unpaired) electrons. The number of likely N-dealkylation sites (N-methyl/N-ethyl adjacent to an activating group) is 1. The summed E-state index contributed by atoms with van der Waals surface area (Å²) in [5, 5.41) is 0. The van der Waals surface area contributed by atoms with Crippen LogP contribution in [0.1, 0.15) is 32.6 Å². The Morgan fingerprint density at radius 1 is 1.07 bits per heavy atom. The number of aromatic nitrogens is 1. The number of likely N-dealkylation sites (tertiary alicyclic amines) is 1. The van der Waals surface area contributed by atoms with Crippen molar-refractivity contribution < 1.29 is 14.3 Å². The van der Waals surface area contributed by atoms with Crippen molar-refractivity contribution in [2.45, 2.75) is 32.6 Å². The van der Waals surface area contributed by atoms with Gasteiger partial charge in [-0.3, -0.25) is 14.6 Å². The van der Waals surface area contributed by atoms with Crippen LogP contribution in [0.4, 0.5) is 0 Å². The molecule has 0 bridgehead atoms. The SMILES string of the molecule is CCN1CCN(C(=O)CCC2CCN(C(=O)COc3cccnc3)CC2)CC1. The zero-order chi connectivity index (χ0) is 19.8. The maximum atomic E-state index is 12.4. The van der Waals surface area contributed by atoms with Gasteiger partial charge in [0.1, 0.15) is 5.75 Å². The van der Waals surface area contributed by atoms with E-state index in [2.05, 4.69) is 16.8 Å². The Hall–Kier alpha value is -2.15. The summed E-state index contributed by atoms with van der Waals surface area (Å²) in [6, 6.07) is 3.59. The van der Waals surface area contributed by atoms with E-state index in [1.165, 1.54) is 0 Å². The average Bonchev–Trinajstić information content (AvgIpc) is 2.77. The molecule has 2 aliphatic rings. The second-order valence-corrected chi connectivity index (χ2v) is 7.66. The lowest BCUT2D eigenvalue weighted by atomic mass is 9.92. The molecule has 1 aromatic rings. The van der Waals surface area contributed by atoms with E-state index in [0.717, 1.165) is 65.1 Å². The number of nitrogens with zero attached hydrogens (tertiary/aromatic N) is 4. The van der Waals surface area contributed by atoms with Gasteiger partial charge >= 0.3 is 0 Å². The molecule has 2 fully saturated rings. The number of carbonyl (C=O) groups excluding carboxylic acids is 2. The minimum atomic E-state index is 0.0205. The second kappa shape index (κ2) is 10.4. The van der Waals surface area contributed by atoms with E-state index in [9.17, 15) is 9.59 Å². The van der Waals surface area contributed by atoms with Gasteiger partial charge in [-0.1, -0.05) is 6.92 Å². The molecule has 1 aromatic heterocycles. The molecule has 7 nitrogen and oxygen atoms in total. The molecule has 0 saturated carbocycles. The third-order valence-electron chi connectivity index (χ3n) is 5.90. The summed E-state index contributed by atoms with van der Waals surface area (Å²) in [6.07, 6.45) is 6.79. The summed E-state index contributed by atoms with van der Waals surface area (Å²) < 4.78 is 5.50. The van der Waals surface area contributed by atoms with Crippen LogP contribution < -0.4 is 4.74 Å². The molecule has 3 rings (SSSR count). The van der Waals surface area contributed by atoms with Crippen LogP contribution >= 0.6 is 0 Å². The predicted octanol–water partition coefficient (Wildman–Crippen LogP) is 1.64. The minimum Gasteiger partial charge on any atom is -0.482 e. The smallest absolute Gasteiger partial charge is 0.260 e. The van der Waals surface area contributed by atoms with E-state index in [0.29, 0.717) is 24.0 Å². The summed E-state index contributed by atoms with van der Waals surface area (Å²) >= 11 is 0. The quantitative estimate of drug-likeness (QED) is 0.711. The molecular formula is C21H32N4O3. The highest BCUT2D eigenvalue weighted by atomic mass is 16.5. The van der Waals surface area contributed by atoms with E-state index in [1.807, 2.05) is 9.80 Å². The van der Waals surface area contributed by atoms with Crippen LogP contribution in [0.3, 0.4) is 0 Å². The summed E-state index contributed by atoms with van der Waals surface area (Å²) in [7, 11) is 0. The Morgan fingerprint density at radius 3 is 2.43 bits per heavy atom. The highest BCUT2D eigenvalue weighted by Gasteiger charge is 2.25. The second-order valence-electron chi connectivity index (χ2n) is 7.66. The number of piperazine rings is 1. The molecule has 28 heavy (non-hydrogen) atoms. The topological polar surface area (TPSA) is 66.0 Å². The molecule has 0 N–H and O–H groups in total. The van der Waals surface area contributed by atoms with Crippen molar-refractivity contribution in [1.29, 1.82) is 0 Å². The van der Waals surface area contributed by atoms with Crippen LogP contribution in [0.2, 0.25) is 0 Å². The highest BCUT2D eigenvalue weighted by molar-refractivity contribution is 5.78. The number of pyridine rings is 1. The number of piperidine rings is 1. The van der Waals surface area contributed by atoms with E-state index < -0.39 is 0 Å². The largest absolute Gasteiger partial charge is 0.482 e. The maximum Gasteiger partial charge on any atom is 0.260 e. The van der Waals surface area contributed by atoms with Gasteiger partial charge in [-0.05, 0) is 43.9 Å². The van der Waals surface area contributed by atoms with Gasteiger partial charge in [0.25, 0.3) is 5.91 Å². The zero-order valence-corrected chi connectivity index (χ0v) is 16.9. The normalized spacial score (nSPS) is 18.9. The van der Waals surface area contributed by atoms with Gasteiger partial charge in [0.05, 0.1) is 6.20 Å². The molecule has 0 unspecified atom stereocenters. The number of ether oxygens (including phenoxy) is 1. The number of carbonyl (C=O) groups is 2. The Bertz CT molecular complexity index is 624. The molecule has 7 heteroatoms. The van der Waals surface area contributed by atoms with Gasteiger partial charge in [-0.2, -0.15) is 0 Å². The fourth-order valence-electron chi connectivity index (χ4n) is 3.94. The van der Waals surface area contributed by atoms with E-state index in [-0.39, 0.29) is 12.5 Å². The lowest BCUT2D eigenvalue weighted by Crippen LogP contribution is -2.48. The van der Waals surface area contributed by atoms with Crippen LogP contribution in [-0.4, -0.2) is 83.9 Å². The lowest BCUT2D eigenvalue weighted by molar-refractivity contribution is -0.136. The summed E-state index contributed by atoms with van der Waals surface area (Å²) in [5.41, 5.74) is 0. The van der Waals surface area contributed by atoms with Gasteiger partial charge in [0, 0.05) is 51.9 Å². The molecule has 154 valence electrons. The number of hydrogen-bond donors (Lipinski definition) is 0. The molecule has 2 aliphatic heterocycles. The molecule has 2 amide bonds. The van der Waals surface area contributed by atoms with Crippen molar-refractivity contribution in [3.05, 3.63) is 24.5 Å². The van der Waals surface area contributed by atoms with Gasteiger partial charge in [0.2, 0.25) is 5.91 Å². The van der Waals surface area contributed by atoms with Crippen LogP contribution in [0, 0.1) is 5.92 Å². The van der Waals surface area contributed by atoms with E-state index in [4.69, 9.17) is 4.74 Å². The monoisotopic (exact) mass is 388 g/mol. The van der Waals surface area contributed by atoms with Crippen molar-refractivity contribution in [2.24, 2.45) is 5.92 Å². The van der Waals surface area contributed by atoms with Crippen LogP contribution in [-0.2, 0) is 9.59 Å². The van der Waals surface area contributed by atoms with Gasteiger partial charge in [-0.25, -0.2) is 0 Å². The summed E-state index contributed by atoms with van der Waals surface area (Å²) in [5.74, 6) is 1.46. The first kappa shape index (κ1) is 20.6. The van der Waals surface area contributed by atoms with Gasteiger partial charge in [-0.15, -0.1) is 0 Å². The first-order valence-corrected chi connectivity index (χ1v) is 10.5. The van der Waals surface area contributed by atoms with Crippen molar-refractivity contribution >= 4 is 11.8 Å². The number of rotatable bonds is 7. The van der Waals surface area contributed by atoms with Crippen molar-refractivity contribution in [3.8, 4) is 5.75 Å². The molecule has 3 heterocycles. The predicted molar refractivity (Wildman–Crippen MR) is 107 cm³/mol. The number of hydrogen-bond acceptors (Lipinski definition) is 5. The fourth-order valence-corrected chi connectivity index (χ4v) is 3.94. The van der Waals surface area contributed by atoms with Gasteiger partial charge in [0.15, 0.2) is 6.61 Å². The third kappa shape index (κ3) is 5.92. The van der Waals surface area contributed by atoms with Crippen LogP contribution in [0.15, 0.2) is 24.5 Å². The Balaban J connectivity index is 1.31. The van der Waals surface area contributed by atoms with E-state index >= 15 is 0 Å². The first-order valence-electron chi connectivity index (χ1n) is 10.5. The Kier molecular flexibility index (Phi) is 7.65.